The van der Waals surface area contributed by atoms with Gasteiger partial charge in [-0.1, -0.05) is 25.1 Å². The van der Waals surface area contributed by atoms with Crippen molar-refractivity contribution in [1.29, 1.82) is 0 Å². The lowest BCUT2D eigenvalue weighted by molar-refractivity contribution is -0.384. The van der Waals surface area contributed by atoms with Crippen LogP contribution in [0.2, 0.25) is 0 Å². The number of nitro groups is 1. The molecule has 1 atom stereocenters. The molecule has 0 saturated heterocycles. The lowest BCUT2D eigenvalue weighted by Gasteiger charge is -2.15. The fraction of sp³-hybridized carbons (Fsp3) is 0.312. The summed E-state index contributed by atoms with van der Waals surface area (Å²) in [5.74, 6) is 1.12. The molecule has 1 heterocycles. The highest BCUT2D eigenvalue weighted by Gasteiger charge is 2.08. The Morgan fingerprint density at radius 1 is 1.29 bits per heavy atom. The van der Waals surface area contributed by atoms with Crippen LogP contribution < -0.4 is 10.6 Å². The molecule has 0 aliphatic heterocycles. The molecule has 2 rings (SSSR count). The van der Waals surface area contributed by atoms with Crippen molar-refractivity contribution in [1.82, 2.24) is 10.6 Å². The SMILES string of the molecule is CN=C(NCc1ccc([N+](=O)[O-])cc1)NCC(C)c1cccs1.I. The molecule has 1 unspecified atom stereocenters. The topological polar surface area (TPSA) is 79.6 Å². The Balaban J connectivity index is 0.00000288. The number of nitrogens with zero attached hydrogens (tertiary/aromatic N) is 2. The van der Waals surface area contributed by atoms with Crippen LogP contribution in [0.4, 0.5) is 5.69 Å². The second-order valence-corrected chi connectivity index (χ2v) is 6.13. The largest absolute Gasteiger partial charge is 0.356 e. The highest BCUT2D eigenvalue weighted by Crippen LogP contribution is 2.19. The van der Waals surface area contributed by atoms with E-state index in [2.05, 4.69) is 40.1 Å². The number of aliphatic imine (C=N–C) groups is 1. The Morgan fingerprint density at radius 2 is 2.00 bits per heavy atom. The maximum atomic E-state index is 10.6. The molecule has 0 aliphatic rings. The van der Waals surface area contributed by atoms with Crippen LogP contribution in [0.25, 0.3) is 0 Å². The lowest BCUT2D eigenvalue weighted by atomic mass is 10.1. The quantitative estimate of drug-likeness (QED) is 0.226. The Bertz CT molecular complexity index is 659. The Morgan fingerprint density at radius 3 is 2.54 bits per heavy atom. The third kappa shape index (κ3) is 6.08. The first-order valence-corrected chi connectivity index (χ1v) is 8.19. The second-order valence-electron chi connectivity index (χ2n) is 5.15. The van der Waals surface area contributed by atoms with E-state index in [0.717, 1.165) is 12.1 Å². The van der Waals surface area contributed by atoms with Crippen LogP contribution in [0, 0.1) is 10.1 Å². The number of nitro benzene ring substituents is 1. The smallest absolute Gasteiger partial charge is 0.269 e. The van der Waals surface area contributed by atoms with Crippen molar-refractivity contribution in [3.8, 4) is 0 Å². The van der Waals surface area contributed by atoms with E-state index < -0.39 is 4.92 Å². The van der Waals surface area contributed by atoms with Crippen molar-refractivity contribution in [3.63, 3.8) is 0 Å². The van der Waals surface area contributed by atoms with E-state index in [4.69, 9.17) is 0 Å². The number of benzene rings is 1. The highest BCUT2D eigenvalue weighted by molar-refractivity contribution is 14.0. The first kappa shape index (κ1) is 20.4. The molecule has 0 bridgehead atoms. The average molecular weight is 460 g/mol. The van der Waals surface area contributed by atoms with Crippen molar-refractivity contribution in [3.05, 3.63) is 62.3 Å². The number of rotatable bonds is 6. The Hall–Kier alpha value is -1.68. The maximum absolute atomic E-state index is 10.6. The zero-order chi connectivity index (χ0) is 16.7. The molecular formula is C16H21IN4O2S. The van der Waals surface area contributed by atoms with Crippen molar-refractivity contribution < 1.29 is 4.92 Å². The zero-order valence-electron chi connectivity index (χ0n) is 13.6. The monoisotopic (exact) mass is 460 g/mol. The van der Waals surface area contributed by atoms with Gasteiger partial charge in [0.15, 0.2) is 5.96 Å². The van der Waals surface area contributed by atoms with Crippen molar-refractivity contribution in [2.45, 2.75) is 19.4 Å². The summed E-state index contributed by atoms with van der Waals surface area (Å²) in [7, 11) is 1.72. The maximum Gasteiger partial charge on any atom is 0.269 e. The molecule has 24 heavy (non-hydrogen) atoms. The van der Waals surface area contributed by atoms with E-state index in [-0.39, 0.29) is 29.7 Å². The minimum absolute atomic E-state index is 0. The van der Waals surface area contributed by atoms with E-state index in [1.165, 1.54) is 17.0 Å². The lowest BCUT2D eigenvalue weighted by Crippen LogP contribution is -2.38. The molecule has 1 aromatic heterocycles. The number of nitrogens with one attached hydrogen (secondary N) is 2. The number of hydrogen-bond acceptors (Lipinski definition) is 4. The van der Waals surface area contributed by atoms with Crippen LogP contribution >= 0.6 is 35.3 Å². The van der Waals surface area contributed by atoms with Gasteiger partial charge in [0.2, 0.25) is 0 Å². The van der Waals surface area contributed by atoms with Gasteiger partial charge in [-0.3, -0.25) is 15.1 Å². The third-order valence-electron chi connectivity index (χ3n) is 3.44. The van der Waals surface area contributed by atoms with Crippen LogP contribution in [-0.4, -0.2) is 24.5 Å². The normalized spacial score (nSPS) is 12.2. The summed E-state index contributed by atoms with van der Waals surface area (Å²) in [6.45, 7) is 3.52. The minimum Gasteiger partial charge on any atom is -0.356 e. The molecule has 0 fully saturated rings. The molecule has 0 radical (unpaired) electrons. The summed E-state index contributed by atoms with van der Waals surface area (Å²) in [6, 6.07) is 10.7. The Labute approximate surface area is 162 Å². The van der Waals surface area contributed by atoms with Gasteiger partial charge in [-0.15, -0.1) is 35.3 Å². The molecule has 6 nitrogen and oxygen atoms in total. The summed E-state index contributed by atoms with van der Waals surface area (Å²) in [5.41, 5.74) is 1.06. The molecular weight excluding hydrogens is 439 g/mol. The predicted octanol–water partition coefficient (Wildman–Crippen LogP) is 3.74. The van der Waals surface area contributed by atoms with Gasteiger partial charge >= 0.3 is 0 Å². The predicted molar refractivity (Wildman–Crippen MR) is 109 cm³/mol. The molecule has 0 saturated carbocycles. The van der Waals surface area contributed by atoms with Gasteiger partial charge in [0.1, 0.15) is 0 Å². The number of thiophene rings is 1. The van der Waals surface area contributed by atoms with Crippen LogP contribution in [0.3, 0.4) is 0 Å². The molecule has 1 aromatic carbocycles. The number of hydrogen-bond donors (Lipinski definition) is 2. The fourth-order valence-corrected chi connectivity index (χ4v) is 2.85. The van der Waals surface area contributed by atoms with Crippen LogP contribution in [0.5, 0.6) is 0 Å². The highest BCUT2D eigenvalue weighted by atomic mass is 127. The van der Waals surface area contributed by atoms with Gasteiger partial charge in [0.25, 0.3) is 5.69 Å². The summed E-state index contributed by atoms with van der Waals surface area (Å²) in [5, 5.41) is 19.2. The van der Waals surface area contributed by atoms with Crippen molar-refractivity contribution >= 4 is 47.0 Å². The van der Waals surface area contributed by atoms with Crippen LogP contribution in [-0.2, 0) is 6.54 Å². The summed E-state index contributed by atoms with van der Waals surface area (Å²) < 4.78 is 0. The molecule has 0 amide bonds. The molecule has 0 spiro atoms. The van der Waals surface area contributed by atoms with E-state index in [1.54, 1.807) is 30.5 Å². The van der Waals surface area contributed by atoms with Gasteiger partial charge < -0.3 is 10.6 Å². The second kappa shape index (κ2) is 10.2. The minimum atomic E-state index is -0.399. The number of guanidine groups is 1. The molecule has 2 N–H and O–H groups in total. The summed E-state index contributed by atoms with van der Waals surface area (Å²) >= 11 is 1.75. The average Bonchev–Trinajstić information content (AvgIpc) is 3.09. The zero-order valence-corrected chi connectivity index (χ0v) is 16.7. The van der Waals surface area contributed by atoms with Crippen molar-refractivity contribution in [2.75, 3.05) is 13.6 Å². The van der Waals surface area contributed by atoms with Crippen LogP contribution in [0.15, 0.2) is 46.8 Å². The first-order valence-electron chi connectivity index (χ1n) is 7.31. The summed E-state index contributed by atoms with van der Waals surface area (Å²) in [6.07, 6.45) is 0. The standard InChI is InChI=1S/C16H20N4O2S.HI/c1-12(15-4-3-9-23-15)10-18-16(17-2)19-11-13-5-7-14(8-6-13)20(21)22;/h3-9,12H,10-11H2,1-2H3,(H2,17,18,19);1H. The number of non-ortho nitro benzene ring substituents is 1. The Kier molecular flexibility index (Phi) is 8.69. The molecule has 8 heteroatoms. The van der Waals surface area contributed by atoms with Crippen molar-refractivity contribution in [2.24, 2.45) is 4.99 Å². The molecule has 2 aromatic rings. The van der Waals surface area contributed by atoms with E-state index in [1.807, 2.05) is 0 Å². The van der Waals surface area contributed by atoms with E-state index in [9.17, 15) is 10.1 Å². The van der Waals surface area contributed by atoms with Gasteiger partial charge in [-0.2, -0.15) is 0 Å². The fourth-order valence-electron chi connectivity index (χ4n) is 2.06. The van der Waals surface area contributed by atoms with E-state index >= 15 is 0 Å². The molecule has 0 aliphatic carbocycles. The molecule has 130 valence electrons. The van der Waals surface area contributed by atoms with Gasteiger partial charge in [-0.05, 0) is 17.0 Å². The summed E-state index contributed by atoms with van der Waals surface area (Å²) in [4.78, 5) is 15.8. The van der Waals surface area contributed by atoms with Gasteiger partial charge in [0.05, 0.1) is 4.92 Å². The number of halogens is 1. The van der Waals surface area contributed by atoms with E-state index in [0.29, 0.717) is 18.4 Å². The first-order chi connectivity index (χ1) is 11.1. The van der Waals surface area contributed by atoms with Gasteiger partial charge in [-0.25, -0.2) is 0 Å². The van der Waals surface area contributed by atoms with Crippen LogP contribution in [0.1, 0.15) is 23.3 Å². The third-order valence-corrected chi connectivity index (χ3v) is 4.54. The van der Waals surface area contributed by atoms with Gasteiger partial charge in [0, 0.05) is 43.1 Å².